The van der Waals surface area contributed by atoms with Crippen molar-refractivity contribution >= 4 is 21.7 Å². The highest BCUT2D eigenvalue weighted by Crippen LogP contribution is 2.19. The molecule has 1 heterocycles. The quantitative estimate of drug-likeness (QED) is 0.790. The van der Waals surface area contributed by atoms with E-state index in [2.05, 4.69) is 5.32 Å². The van der Waals surface area contributed by atoms with Gasteiger partial charge in [0.25, 0.3) is 5.91 Å². The maximum absolute atomic E-state index is 12.3. The molecule has 1 aliphatic heterocycles. The fourth-order valence-electron chi connectivity index (χ4n) is 2.61. The van der Waals surface area contributed by atoms with E-state index in [9.17, 15) is 23.1 Å². The maximum Gasteiger partial charge on any atom is 0.326 e. The van der Waals surface area contributed by atoms with Gasteiger partial charge in [-0.1, -0.05) is 6.92 Å². The summed E-state index contributed by atoms with van der Waals surface area (Å²) in [5.74, 6) is -1.96. The molecule has 1 amide bonds. The molecule has 2 atom stereocenters. The molecule has 24 heavy (non-hydrogen) atoms. The van der Waals surface area contributed by atoms with Crippen LogP contribution in [0.25, 0.3) is 0 Å². The number of carbonyl (C=O) groups excluding carboxylic acids is 1. The molecule has 1 saturated heterocycles. The molecule has 1 aromatic carbocycles. The van der Waals surface area contributed by atoms with Gasteiger partial charge in [0, 0.05) is 18.1 Å². The number of amides is 1. The summed E-state index contributed by atoms with van der Waals surface area (Å²) in [6.07, 6.45) is 1.43. The lowest BCUT2D eigenvalue weighted by Crippen LogP contribution is -2.48. The third kappa shape index (κ3) is 4.33. The van der Waals surface area contributed by atoms with E-state index < -0.39 is 27.8 Å². The van der Waals surface area contributed by atoms with E-state index in [-0.39, 0.29) is 22.1 Å². The van der Waals surface area contributed by atoms with Crippen LogP contribution in [0.4, 0.5) is 0 Å². The number of carbonyl (C=O) groups is 2. The molecule has 8 heteroatoms. The Morgan fingerprint density at radius 2 is 2.00 bits per heavy atom. The zero-order valence-corrected chi connectivity index (χ0v) is 14.2. The monoisotopic (exact) mass is 355 g/mol. The number of benzene rings is 1. The smallest absolute Gasteiger partial charge is 0.326 e. The molecule has 0 spiro atoms. The van der Waals surface area contributed by atoms with Gasteiger partial charge in [0.2, 0.25) is 0 Å². The van der Waals surface area contributed by atoms with Gasteiger partial charge < -0.3 is 15.2 Å². The van der Waals surface area contributed by atoms with Crippen LogP contribution in [0.1, 0.15) is 30.1 Å². The second-order valence-electron chi connectivity index (χ2n) is 5.69. The number of nitrogens with one attached hydrogen (secondary N) is 1. The highest BCUT2D eigenvalue weighted by atomic mass is 32.2. The minimum Gasteiger partial charge on any atom is -0.480 e. The average Bonchev–Trinajstić information content (AvgIpc) is 2.60. The zero-order chi connectivity index (χ0) is 17.7. The second-order valence-corrected chi connectivity index (χ2v) is 7.97. The lowest BCUT2D eigenvalue weighted by molar-refractivity contribution is -0.142. The van der Waals surface area contributed by atoms with Gasteiger partial charge in [-0.3, -0.25) is 4.79 Å². The van der Waals surface area contributed by atoms with E-state index in [1.807, 2.05) is 0 Å². The van der Waals surface area contributed by atoms with Crippen molar-refractivity contribution in [1.82, 2.24) is 5.32 Å². The van der Waals surface area contributed by atoms with Crippen LogP contribution in [-0.4, -0.2) is 50.4 Å². The predicted octanol–water partition coefficient (Wildman–Crippen LogP) is 1.09. The molecule has 7 nitrogen and oxygen atoms in total. The van der Waals surface area contributed by atoms with Crippen LogP contribution in [0.3, 0.4) is 0 Å². The molecule has 2 rings (SSSR count). The number of hydrogen-bond donors (Lipinski definition) is 2. The summed E-state index contributed by atoms with van der Waals surface area (Å²) in [4.78, 5) is 23.8. The molecule has 1 aliphatic rings. The molecular formula is C16H21NO6S. The van der Waals surface area contributed by atoms with Crippen molar-refractivity contribution in [3.05, 3.63) is 29.8 Å². The fraction of sp³-hybridized carbons (Fsp3) is 0.500. The normalized spacial score (nSPS) is 19.5. The van der Waals surface area contributed by atoms with Gasteiger partial charge in [-0.2, -0.15) is 0 Å². The van der Waals surface area contributed by atoms with Crippen molar-refractivity contribution < 1.29 is 27.9 Å². The summed E-state index contributed by atoms with van der Waals surface area (Å²) in [5.41, 5.74) is 0.216. The van der Waals surface area contributed by atoms with Crippen LogP contribution in [0.2, 0.25) is 0 Å². The second kappa shape index (κ2) is 7.76. The maximum atomic E-state index is 12.3. The summed E-state index contributed by atoms with van der Waals surface area (Å²) >= 11 is 0. The van der Waals surface area contributed by atoms with Gasteiger partial charge in [0.05, 0.1) is 17.3 Å². The number of hydrogen-bond acceptors (Lipinski definition) is 5. The fourth-order valence-corrected chi connectivity index (χ4v) is 3.50. The van der Waals surface area contributed by atoms with Crippen molar-refractivity contribution in [3.8, 4) is 0 Å². The number of ether oxygens (including phenoxy) is 1. The number of carboxylic acid groups (broad SMARTS) is 1. The van der Waals surface area contributed by atoms with E-state index in [4.69, 9.17) is 4.74 Å². The SMILES string of the molecule is CCS(=O)(=O)c1ccc(C(=O)NC(C(=O)O)C2CCCOC2)cc1. The Labute approximate surface area is 140 Å². The Morgan fingerprint density at radius 3 is 2.50 bits per heavy atom. The molecule has 2 unspecified atom stereocenters. The molecule has 1 aromatic rings. The number of rotatable bonds is 6. The van der Waals surface area contributed by atoms with Crippen LogP contribution in [0, 0.1) is 5.92 Å². The molecule has 132 valence electrons. The highest BCUT2D eigenvalue weighted by Gasteiger charge is 2.31. The summed E-state index contributed by atoms with van der Waals surface area (Å²) in [6.45, 7) is 2.44. The number of carboxylic acids is 1. The first-order chi connectivity index (χ1) is 11.3. The lowest BCUT2D eigenvalue weighted by atomic mass is 9.93. The minimum absolute atomic E-state index is 0.0265. The van der Waals surface area contributed by atoms with Gasteiger partial charge >= 0.3 is 5.97 Å². The van der Waals surface area contributed by atoms with Gasteiger partial charge in [-0.15, -0.1) is 0 Å². The first kappa shape index (κ1) is 18.4. The molecule has 0 saturated carbocycles. The topological polar surface area (TPSA) is 110 Å². The van der Waals surface area contributed by atoms with E-state index >= 15 is 0 Å². The van der Waals surface area contributed by atoms with Gasteiger partial charge in [-0.05, 0) is 37.1 Å². The molecule has 0 bridgehead atoms. The Balaban J connectivity index is 2.11. The Morgan fingerprint density at radius 1 is 1.33 bits per heavy atom. The Hall–Kier alpha value is -1.93. The highest BCUT2D eigenvalue weighted by molar-refractivity contribution is 7.91. The van der Waals surface area contributed by atoms with Crippen molar-refractivity contribution in [2.24, 2.45) is 5.92 Å². The third-order valence-corrected chi connectivity index (χ3v) is 5.83. The van der Waals surface area contributed by atoms with E-state index in [1.54, 1.807) is 6.92 Å². The first-order valence-corrected chi connectivity index (χ1v) is 9.44. The predicted molar refractivity (Wildman–Crippen MR) is 86.6 cm³/mol. The van der Waals surface area contributed by atoms with Gasteiger partial charge in [0.15, 0.2) is 9.84 Å². The van der Waals surface area contributed by atoms with Gasteiger partial charge in [0.1, 0.15) is 6.04 Å². The third-order valence-electron chi connectivity index (χ3n) is 4.08. The zero-order valence-electron chi connectivity index (χ0n) is 13.4. The van der Waals surface area contributed by atoms with E-state index in [0.29, 0.717) is 19.6 Å². The number of aliphatic carboxylic acids is 1. The van der Waals surface area contributed by atoms with Crippen LogP contribution < -0.4 is 5.32 Å². The Bertz CT molecular complexity index is 692. The summed E-state index contributed by atoms with van der Waals surface area (Å²) < 4.78 is 28.8. The molecule has 0 aliphatic carbocycles. The molecule has 1 fully saturated rings. The summed E-state index contributed by atoms with van der Waals surface area (Å²) in [5, 5.41) is 11.9. The number of sulfone groups is 1. The van der Waals surface area contributed by atoms with Crippen LogP contribution >= 0.6 is 0 Å². The van der Waals surface area contributed by atoms with Crippen LogP contribution in [-0.2, 0) is 19.4 Å². The van der Waals surface area contributed by atoms with Crippen LogP contribution in [0.5, 0.6) is 0 Å². The van der Waals surface area contributed by atoms with Crippen molar-refractivity contribution in [2.45, 2.75) is 30.7 Å². The van der Waals surface area contributed by atoms with Crippen LogP contribution in [0.15, 0.2) is 29.2 Å². The first-order valence-electron chi connectivity index (χ1n) is 7.79. The largest absolute Gasteiger partial charge is 0.480 e. The van der Waals surface area contributed by atoms with Gasteiger partial charge in [-0.25, -0.2) is 13.2 Å². The molecule has 0 aromatic heterocycles. The van der Waals surface area contributed by atoms with E-state index in [1.165, 1.54) is 24.3 Å². The minimum atomic E-state index is -3.34. The molecule has 0 radical (unpaired) electrons. The summed E-state index contributed by atoms with van der Waals surface area (Å²) in [7, 11) is -3.34. The molecular weight excluding hydrogens is 334 g/mol. The lowest BCUT2D eigenvalue weighted by Gasteiger charge is -2.28. The van der Waals surface area contributed by atoms with Crippen molar-refractivity contribution in [1.29, 1.82) is 0 Å². The van der Waals surface area contributed by atoms with Crippen molar-refractivity contribution in [3.63, 3.8) is 0 Å². The summed E-state index contributed by atoms with van der Waals surface area (Å²) in [6, 6.07) is 4.44. The standard InChI is InChI=1S/C16H21NO6S/c1-2-24(21,22)13-7-5-11(6-8-13)15(18)17-14(16(19)20)12-4-3-9-23-10-12/h5-8,12,14H,2-4,9-10H2,1H3,(H,17,18)(H,19,20). The average molecular weight is 355 g/mol. The Kier molecular flexibility index (Phi) is 5.95. The van der Waals surface area contributed by atoms with Crippen molar-refractivity contribution in [2.75, 3.05) is 19.0 Å². The van der Waals surface area contributed by atoms with E-state index in [0.717, 1.165) is 6.42 Å². The molecule has 2 N–H and O–H groups in total.